The first-order chi connectivity index (χ1) is 9.09. The molecule has 1 aromatic rings. The summed E-state index contributed by atoms with van der Waals surface area (Å²) in [6.45, 7) is 4.26. The maximum Gasteiger partial charge on any atom is 0.276 e. The molecule has 0 saturated heterocycles. The fraction of sp³-hybridized carbons (Fsp3) is 0.600. The molecule has 0 heterocycles. The molecule has 0 aliphatic heterocycles. The first kappa shape index (κ1) is 16.1. The lowest BCUT2D eigenvalue weighted by molar-refractivity contribution is -0.191. The number of halogens is 2. The Balaban J connectivity index is 0.000000861. The summed E-state index contributed by atoms with van der Waals surface area (Å²) in [5.41, 5.74) is 0.925. The Hall–Kier alpha value is -1.00. The molecular formula is C15H22F2O2. The highest BCUT2D eigenvalue weighted by Crippen LogP contribution is 2.35. The molecule has 0 amide bonds. The summed E-state index contributed by atoms with van der Waals surface area (Å²) in [5, 5.41) is 9.50. The third kappa shape index (κ3) is 4.55. The summed E-state index contributed by atoms with van der Waals surface area (Å²) in [5.74, 6) is -3.01. The van der Waals surface area contributed by atoms with Gasteiger partial charge in [-0.15, -0.1) is 0 Å². The maximum atomic E-state index is 13.2. The molecule has 108 valence electrons. The van der Waals surface area contributed by atoms with Gasteiger partial charge in [-0.3, -0.25) is 0 Å². The molecule has 1 aromatic carbocycles. The second-order valence-corrected chi connectivity index (χ2v) is 4.43. The summed E-state index contributed by atoms with van der Waals surface area (Å²) in [6.07, 6.45) is -1.81. The second-order valence-electron chi connectivity index (χ2n) is 4.43. The van der Waals surface area contributed by atoms with Gasteiger partial charge in [-0.2, -0.15) is 0 Å². The molecule has 19 heavy (non-hydrogen) atoms. The summed E-state index contributed by atoms with van der Waals surface area (Å²) in [4.78, 5) is 0. The van der Waals surface area contributed by atoms with Crippen molar-refractivity contribution in [3.05, 3.63) is 35.9 Å². The average molecular weight is 272 g/mol. The van der Waals surface area contributed by atoms with E-state index in [4.69, 9.17) is 4.74 Å². The van der Waals surface area contributed by atoms with Gasteiger partial charge in [0.25, 0.3) is 5.92 Å². The number of rotatable bonds is 3. The van der Waals surface area contributed by atoms with Crippen LogP contribution in [0.25, 0.3) is 0 Å². The predicted octanol–water partition coefficient (Wildman–Crippen LogP) is 3.78. The average Bonchev–Trinajstić information content (AvgIpc) is 2.44. The van der Waals surface area contributed by atoms with E-state index < -0.39 is 18.1 Å². The Kier molecular flexibility index (Phi) is 6.38. The van der Waals surface area contributed by atoms with Crippen LogP contribution < -0.4 is 0 Å². The topological polar surface area (TPSA) is 29.5 Å². The van der Waals surface area contributed by atoms with Gasteiger partial charge in [0.1, 0.15) is 6.10 Å². The highest BCUT2D eigenvalue weighted by atomic mass is 19.3. The fourth-order valence-electron chi connectivity index (χ4n) is 2.07. The number of alkyl halides is 2. The zero-order chi connectivity index (χ0) is 14.3. The van der Waals surface area contributed by atoms with Crippen LogP contribution in [0.1, 0.15) is 38.7 Å². The monoisotopic (exact) mass is 272 g/mol. The highest BCUT2D eigenvalue weighted by molar-refractivity contribution is 5.13. The number of aliphatic hydroxyl groups excluding tert-OH is 1. The Morgan fingerprint density at radius 3 is 2.53 bits per heavy atom. The minimum atomic E-state index is -3.01. The van der Waals surface area contributed by atoms with Crippen LogP contribution in [0.3, 0.4) is 0 Å². The van der Waals surface area contributed by atoms with Crippen LogP contribution >= 0.6 is 0 Å². The van der Waals surface area contributed by atoms with Crippen molar-refractivity contribution < 1.29 is 18.6 Å². The van der Waals surface area contributed by atoms with Gasteiger partial charge in [-0.25, -0.2) is 8.78 Å². The predicted molar refractivity (Wildman–Crippen MR) is 71.2 cm³/mol. The standard InChI is InChI=1S/C13H16F2O2.C2H6/c14-13(15)8-4-7-11(12(13)16)17-9-10-5-2-1-3-6-10;1-2/h1-3,5-6,11-12,16H,4,7-9H2;1-2H3. The fourth-order valence-corrected chi connectivity index (χ4v) is 2.07. The van der Waals surface area contributed by atoms with Crippen LogP contribution in [-0.4, -0.2) is 23.2 Å². The molecule has 0 radical (unpaired) electrons. The zero-order valence-electron chi connectivity index (χ0n) is 11.5. The molecule has 1 saturated carbocycles. The number of ether oxygens (including phenoxy) is 1. The highest BCUT2D eigenvalue weighted by Gasteiger charge is 2.46. The van der Waals surface area contributed by atoms with Crippen molar-refractivity contribution in [2.24, 2.45) is 0 Å². The summed E-state index contributed by atoms with van der Waals surface area (Å²) in [6, 6.07) is 9.35. The van der Waals surface area contributed by atoms with E-state index in [0.717, 1.165) is 5.56 Å². The van der Waals surface area contributed by atoms with Crippen LogP contribution in [0.2, 0.25) is 0 Å². The van der Waals surface area contributed by atoms with Gasteiger partial charge in [-0.05, 0) is 18.4 Å². The van der Waals surface area contributed by atoms with E-state index in [-0.39, 0.29) is 13.0 Å². The second kappa shape index (κ2) is 7.56. The molecule has 1 aliphatic carbocycles. The van der Waals surface area contributed by atoms with E-state index in [0.29, 0.717) is 12.8 Å². The molecule has 2 atom stereocenters. The first-order valence-corrected chi connectivity index (χ1v) is 6.81. The van der Waals surface area contributed by atoms with Gasteiger partial charge in [-0.1, -0.05) is 44.2 Å². The van der Waals surface area contributed by atoms with Crippen LogP contribution in [0, 0.1) is 0 Å². The van der Waals surface area contributed by atoms with E-state index in [1.807, 2.05) is 44.2 Å². The molecule has 1 aliphatic rings. The Morgan fingerprint density at radius 1 is 1.26 bits per heavy atom. The van der Waals surface area contributed by atoms with Crippen LogP contribution in [0.4, 0.5) is 8.78 Å². The number of hydrogen-bond donors (Lipinski definition) is 1. The van der Waals surface area contributed by atoms with Gasteiger partial charge in [0.05, 0.1) is 12.7 Å². The van der Waals surface area contributed by atoms with Gasteiger partial charge in [0.15, 0.2) is 0 Å². The Bertz CT molecular complexity index is 354. The summed E-state index contributed by atoms with van der Waals surface area (Å²) in [7, 11) is 0. The Morgan fingerprint density at radius 2 is 1.89 bits per heavy atom. The lowest BCUT2D eigenvalue weighted by Gasteiger charge is -2.34. The summed E-state index contributed by atoms with van der Waals surface area (Å²) >= 11 is 0. The maximum absolute atomic E-state index is 13.2. The minimum absolute atomic E-state index is 0.251. The van der Waals surface area contributed by atoms with Crippen molar-refractivity contribution in [1.29, 1.82) is 0 Å². The van der Waals surface area contributed by atoms with Crippen molar-refractivity contribution >= 4 is 0 Å². The van der Waals surface area contributed by atoms with E-state index in [2.05, 4.69) is 0 Å². The van der Waals surface area contributed by atoms with Crippen molar-refractivity contribution in [3.8, 4) is 0 Å². The Labute approximate surface area is 113 Å². The molecule has 1 fully saturated rings. The van der Waals surface area contributed by atoms with Gasteiger partial charge < -0.3 is 9.84 Å². The molecule has 4 heteroatoms. The molecule has 0 aromatic heterocycles. The quantitative estimate of drug-likeness (QED) is 0.907. The molecule has 0 bridgehead atoms. The molecule has 2 rings (SSSR count). The van der Waals surface area contributed by atoms with E-state index in [1.165, 1.54) is 0 Å². The van der Waals surface area contributed by atoms with Gasteiger partial charge in [0.2, 0.25) is 0 Å². The minimum Gasteiger partial charge on any atom is -0.384 e. The van der Waals surface area contributed by atoms with Gasteiger partial charge in [0, 0.05) is 6.42 Å². The summed E-state index contributed by atoms with van der Waals surface area (Å²) < 4.78 is 31.9. The lowest BCUT2D eigenvalue weighted by Crippen LogP contribution is -2.47. The van der Waals surface area contributed by atoms with Crippen molar-refractivity contribution in [1.82, 2.24) is 0 Å². The molecule has 0 spiro atoms. The molecule has 2 unspecified atom stereocenters. The van der Waals surface area contributed by atoms with Crippen LogP contribution in [-0.2, 0) is 11.3 Å². The van der Waals surface area contributed by atoms with Crippen molar-refractivity contribution in [2.45, 2.75) is 57.8 Å². The third-order valence-electron chi connectivity index (χ3n) is 3.09. The first-order valence-electron chi connectivity index (χ1n) is 6.81. The van der Waals surface area contributed by atoms with E-state index >= 15 is 0 Å². The number of benzene rings is 1. The normalized spacial score (nSPS) is 25.3. The largest absolute Gasteiger partial charge is 0.384 e. The smallest absolute Gasteiger partial charge is 0.276 e. The third-order valence-corrected chi connectivity index (χ3v) is 3.09. The van der Waals surface area contributed by atoms with Crippen LogP contribution in [0.5, 0.6) is 0 Å². The molecule has 2 nitrogen and oxygen atoms in total. The molecular weight excluding hydrogens is 250 g/mol. The van der Waals surface area contributed by atoms with E-state index in [1.54, 1.807) is 0 Å². The SMILES string of the molecule is CC.OC1C(OCc2ccccc2)CCCC1(F)F. The van der Waals surface area contributed by atoms with Gasteiger partial charge >= 0.3 is 0 Å². The van der Waals surface area contributed by atoms with Crippen molar-refractivity contribution in [3.63, 3.8) is 0 Å². The zero-order valence-corrected chi connectivity index (χ0v) is 11.5. The number of aliphatic hydroxyl groups is 1. The van der Waals surface area contributed by atoms with E-state index in [9.17, 15) is 13.9 Å². The van der Waals surface area contributed by atoms with Crippen molar-refractivity contribution in [2.75, 3.05) is 0 Å². The van der Waals surface area contributed by atoms with Crippen LogP contribution in [0.15, 0.2) is 30.3 Å². The molecule has 1 N–H and O–H groups in total. The lowest BCUT2D eigenvalue weighted by atomic mass is 9.91. The number of hydrogen-bond acceptors (Lipinski definition) is 2.